The first-order valence-corrected chi connectivity index (χ1v) is 6.97. The van der Waals surface area contributed by atoms with E-state index in [1.165, 1.54) is 0 Å². The Morgan fingerprint density at radius 1 is 1.14 bits per heavy atom. The fraction of sp³-hybridized carbons (Fsp3) is 0.0588. The van der Waals surface area contributed by atoms with Crippen LogP contribution < -0.4 is 4.74 Å². The molecule has 0 saturated carbocycles. The Bertz CT molecular complexity index is 796. The predicted octanol–water partition coefficient (Wildman–Crippen LogP) is 3.69. The van der Waals surface area contributed by atoms with Crippen LogP contribution in [-0.4, -0.2) is 19.0 Å². The monoisotopic (exact) mass is 313 g/mol. The Kier molecular flexibility index (Phi) is 3.94. The minimum Gasteiger partial charge on any atom is -0.496 e. The summed E-state index contributed by atoms with van der Waals surface area (Å²) in [4.78, 5) is 16.2. The number of benzene rings is 2. The summed E-state index contributed by atoms with van der Waals surface area (Å²) in [6.45, 7) is 0. The van der Waals surface area contributed by atoms with Crippen LogP contribution in [0.3, 0.4) is 0 Å². The Labute approximate surface area is 132 Å². The number of esters is 1. The average molecular weight is 314 g/mol. The fourth-order valence-electron chi connectivity index (χ4n) is 2.09. The normalized spacial score (nSPS) is 15.6. The highest BCUT2D eigenvalue weighted by Crippen LogP contribution is 2.26. The zero-order valence-electron chi connectivity index (χ0n) is 11.7. The topological polar surface area (TPSA) is 47.9 Å². The average Bonchev–Trinajstić information content (AvgIpc) is 2.90. The molecule has 0 fully saturated rings. The van der Waals surface area contributed by atoms with Gasteiger partial charge in [0.25, 0.3) is 0 Å². The molecule has 2 aromatic rings. The van der Waals surface area contributed by atoms with Crippen LogP contribution in [0.5, 0.6) is 5.75 Å². The van der Waals surface area contributed by atoms with Crippen LogP contribution in [0.1, 0.15) is 11.1 Å². The lowest BCUT2D eigenvalue weighted by Gasteiger charge is -2.05. The molecule has 0 atom stereocenters. The number of aliphatic imine (C=N–C) groups is 1. The van der Waals surface area contributed by atoms with Gasteiger partial charge in [-0.05, 0) is 29.8 Å². The van der Waals surface area contributed by atoms with Crippen LogP contribution in [0, 0.1) is 0 Å². The fourth-order valence-corrected chi connectivity index (χ4v) is 2.28. The highest BCUT2D eigenvalue weighted by molar-refractivity contribution is 6.32. The number of halogens is 1. The molecule has 0 aromatic heterocycles. The maximum atomic E-state index is 12.0. The molecule has 2 aromatic carbocycles. The second kappa shape index (κ2) is 6.03. The van der Waals surface area contributed by atoms with E-state index in [0.29, 0.717) is 21.9 Å². The Morgan fingerprint density at radius 2 is 1.86 bits per heavy atom. The molecule has 4 nitrogen and oxygen atoms in total. The summed E-state index contributed by atoms with van der Waals surface area (Å²) in [5.41, 5.74) is 1.54. The molecule has 0 saturated heterocycles. The van der Waals surface area contributed by atoms with Crippen LogP contribution in [-0.2, 0) is 9.53 Å². The summed E-state index contributed by atoms with van der Waals surface area (Å²) in [5.74, 6) is 0.301. The van der Waals surface area contributed by atoms with E-state index >= 15 is 0 Å². The predicted molar refractivity (Wildman–Crippen MR) is 85.1 cm³/mol. The molecule has 0 spiro atoms. The van der Waals surface area contributed by atoms with Gasteiger partial charge in [0.1, 0.15) is 5.75 Å². The van der Waals surface area contributed by atoms with Gasteiger partial charge in [0.2, 0.25) is 5.90 Å². The van der Waals surface area contributed by atoms with E-state index in [1.54, 1.807) is 37.5 Å². The minimum absolute atomic E-state index is 0.203. The van der Waals surface area contributed by atoms with Gasteiger partial charge < -0.3 is 9.47 Å². The Balaban J connectivity index is 2.00. The first-order valence-electron chi connectivity index (χ1n) is 6.59. The van der Waals surface area contributed by atoms with Crippen molar-refractivity contribution in [1.82, 2.24) is 0 Å². The lowest BCUT2D eigenvalue weighted by atomic mass is 10.2. The summed E-state index contributed by atoms with van der Waals surface area (Å²) in [6.07, 6.45) is 1.60. The summed E-state index contributed by atoms with van der Waals surface area (Å²) in [7, 11) is 1.55. The minimum atomic E-state index is -0.513. The van der Waals surface area contributed by atoms with Gasteiger partial charge in [0, 0.05) is 5.02 Å². The maximum Gasteiger partial charge on any atom is 0.363 e. The zero-order chi connectivity index (χ0) is 15.5. The number of rotatable bonds is 3. The summed E-state index contributed by atoms with van der Waals surface area (Å²) < 4.78 is 10.5. The number of cyclic esters (lactones) is 1. The van der Waals surface area contributed by atoms with Crippen molar-refractivity contribution in [3.63, 3.8) is 0 Å². The quantitative estimate of drug-likeness (QED) is 0.641. The summed E-state index contributed by atoms with van der Waals surface area (Å²) in [5, 5.41) is 0.545. The molecular weight excluding hydrogens is 302 g/mol. The number of hydrogen-bond acceptors (Lipinski definition) is 4. The van der Waals surface area contributed by atoms with E-state index in [2.05, 4.69) is 4.99 Å². The van der Waals surface area contributed by atoms with Crippen LogP contribution in [0.15, 0.2) is 59.2 Å². The lowest BCUT2D eigenvalue weighted by molar-refractivity contribution is -0.129. The summed E-state index contributed by atoms with van der Waals surface area (Å²) in [6, 6.07) is 14.4. The van der Waals surface area contributed by atoms with Crippen molar-refractivity contribution in [2.24, 2.45) is 4.99 Å². The van der Waals surface area contributed by atoms with Crippen molar-refractivity contribution < 1.29 is 14.3 Å². The number of carbonyl (C=O) groups is 1. The molecule has 0 aliphatic carbocycles. The third-order valence-corrected chi connectivity index (χ3v) is 3.50. The van der Waals surface area contributed by atoms with Gasteiger partial charge in [0.05, 0.1) is 12.7 Å². The Hall–Kier alpha value is -2.59. The highest BCUT2D eigenvalue weighted by atomic mass is 35.5. The van der Waals surface area contributed by atoms with Crippen LogP contribution in [0.25, 0.3) is 6.08 Å². The van der Waals surface area contributed by atoms with Crippen LogP contribution in [0.4, 0.5) is 0 Å². The van der Waals surface area contributed by atoms with Gasteiger partial charge in [0.15, 0.2) is 5.70 Å². The largest absolute Gasteiger partial charge is 0.496 e. The SMILES string of the molecule is COc1ccccc1C1=NC(=Cc2ccccc2Cl)C(=O)O1. The lowest BCUT2D eigenvalue weighted by Crippen LogP contribution is -2.06. The molecule has 22 heavy (non-hydrogen) atoms. The number of hydrogen-bond donors (Lipinski definition) is 0. The molecule has 1 aliphatic rings. The molecule has 110 valence electrons. The summed E-state index contributed by atoms with van der Waals surface area (Å²) >= 11 is 6.09. The van der Waals surface area contributed by atoms with E-state index in [-0.39, 0.29) is 11.6 Å². The molecule has 5 heteroatoms. The second-order valence-corrected chi connectivity index (χ2v) is 4.97. The van der Waals surface area contributed by atoms with E-state index in [0.717, 1.165) is 0 Å². The molecule has 1 aliphatic heterocycles. The van der Waals surface area contributed by atoms with Crippen molar-refractivity contribution in [2.75, 3.05) is 7.11 Å². The third kappa shape index (κ3) is 2.73. The van der Waals surface area contributed by atoms with Crippen molar-refractivity contribution >= 4 is 29.5 Å². The molecule has 0 bridgehead atoms. The van der Waals surface area contributed by atoms with Crippen molar-refractivity contribution in [3.8, 4) is 5.75 Å². The molecular formula is C17H12ClNO3. The van der Waals surface area contributed by atoms with Gasteiger partial charge in [-0.15, -0.1) is 0 Å². The highest BCUT2D eigenvalue weighted by Gasteiger charge is 2.26. The van der Waals surface area contributed by atoms with Gasteiger partial charge >= 0.3 is 5.97 Å². The van der Waals surface area contributed by atoms with Crippen molar-refractivity contribution in [1.29, 1.82) is 0 Å². The van der Waals surface area contributed by atoms with Gasteiger partial charge in [-0.1, -0.05) is 41.9 Å². The third-order valence-electron chi connectivity index (χ3n) is 3.16. The van der Waals surface area contributed by atoms with E-state index in [4.69, 9.17) is 21.1 Å². The van der Waals surface area contributed by atoms with Crippen molar-refractivity contribution in [2.45, 2.75) is 0 Å². The first-order chi connectivity index (χ1) is 10.7. The smallest absolute Gasteiger partial charge is 0.363 e. The maximum absolute atomic E-state index is 12.0. The number of para-hydroxylation sites is 1. The van der Waals surface area contributed by atoms with Gasteiger partial charge in [-0.2, -0.15) is 0 Å². The first kappa shape index (κ1) is 14.4. The van der Waals surface area contributed by atoms with E-state index in [1.807, 2.05) is 24.3 Å². The van der Waals surface area contributed by atoms with E-state index in [9.17, 15) is 4.79 Å². The van der Waals surface area contributed by atoms with Gasteiger partial charge in [-0.3, -0.25) is 0 Å². The number of nitrogens with zero attached hydrogens (tertiary/aromatic N) is 1. The molecule has 0 unspecified atom stereocenters. The number of ether oxygens (including phenoxy) is 2. The number of carbonyl (C=O) groups excluding carboxylic acids is 1. The molecule has 0 radical (unpaired) electrons. The standard InChI is InChI=1S/C17H12ClNO3/c1-21-15-9-5-3-7-12(15)16-19-14(17(20)22-16)10-11-6-2-4-8-13(11)18/h2-10H,1H3. The Morgan fingerprint density at radius 3 is 2.64 bits per heavy atom. The zero-order valence-corrected chi connectivity index (χ0v) is 12.5. The second-order valence-electron chi connectivity index (χ2n) is 4.56. The van der Waals surface area contributed by atoms with Crippen LogP contribution in [0.2, 0.25) is 5.02 Å². The number of methoxy groups -OCH3 is 1. The molecule has 0 N–H and O–H groups in total. The van der Waals surface area contributed by atoms with Crippen LogP contribution >= 0.6 is 11.6 Å². The van der Waals surface area contributed by atoms with Gasteiger partial charge in [-0.25, -0.2) is 9.79 Å². The molecule has 1 heterocycles. The molecule has 0 amide bonds. The molecule has 3 rings (SSSR count). The van der Waals surface area contributed by atoms with E-state index < -0.39 is 5.97 Å². The van der Waals surface area contributed by atoms with Crippen molar-refractivity contribution in [3.05, 3.63) is 70.4 Å².